The molecule has 1 aromatic heterocycles. The van der Waals surface area contributed by atoms with E-state index < -0.39 is 0 Å². The van der Waals surface area contributed by atoms with Gasteiger partial charge in [0.1, 0.15) is 0 Å². The summed E-state index contributed by atoms with van der Waals surface area (Å²) in [6.45, 7) is 5.24. The highest BCUT2D eigenvalue weighted by atomic mass is 16.2. The van der Waals surface area contributed by atoms with Gasteiger partial charge >= 0.3 is 0 Å². The Morgan fingerprint density at radius 2 is 2.21 bits per heavy atom. The first-order valence-corrected chi connectivity index (χ1v) is 4.87. The average Bonchev–Trinajstić information content (AvgIpc) is 2.67. The molecular formula is C10H15N3O. The summed E-state index contributed by atoms with van der Waals surface area (Å²) in [6, 6.07) is 0. The van der Waals surface area contributed by atoms with Gasteiger partial charge in [0.25, 0.3) is 0 Å². The fourth-order valence-electron chi connectivity index (χ4n) is 1.78. The average molecular weight is 193 g/mol. The topological polar surface area (TPSA) is 38.1 Å². The van der Waals surface area contributed by atoms with Crippen LogP contribution in [0.1, 0.15) is 25.2 Å². The van der Waals surface area contributed by atoms with Crippen LogP contribution in [0.4, 0.5) is 0 Å². The smallest absolute Gasteiger partial charge is 0.225 e. The van der Waals surface area contributed by atoms with Gasteiger partial charge in [0, 0.05) is 13.0 Å². The predicted molar refractivity (Wildman–Crippen MR) is 52.3 cm³/mol. The number of aryl methyl sites for hydroxylation is 1. The van der Waals surface area contributed by atoms with Gasteiger partial charge in [0.2, 0.25) is 5.91 Å². The third-order valence-electron chi connectivity index (χ3n) is 2.63. The van der Waals surface area contributed by atoms with Crippen LogP contribution >= 0.6 is 0 Å². The number of hydrogen-bond acceptors (Lipinski definition) is 2. The number of rotatable bonds is 1. The zero-order chi connectivity index (χ0) is 10.3. The molecule has 0 radical (unpaired) electrons. The lowest BCUT2D eigenvalue weighted by Gasteiger charge is -2.17. The number of carbonyl (C=O) groups is 1. The van der Waals surface area contributed by atoms with Crippen molar-refractivity contribution < 1.29 is 4.79 Å². The first kappa shape index (κ1) is 9.24. The summed E-state index contributed by atoms with van der Waals surface area (Å²) in [7, 11) is 1.97. The lowest BCUT2D eigenvalue weighted by atomic mass is 10.2. The van der Waals surface area contributed by atoms with Crippen LogP contribution in [0.5, 0.6) is 0 Å². The summed E-state index contributed by atoms with van der Waals surface area (Å²) in [5.41, 5.74) is 2.21. The number of nitrogens with zero attached hydrogens (tertiary/aromatic N) is 3. The predicted octanol–water partition coefficient (Wildman–Crippen LogP) is 0.918. The van der Waals surface area contributed by atoms with Crippen molar-refractivity contribution in [1.29, 1.82) is 0 Å². The van der Waals surface area contributed by atoms with Crippen LogP contribution in [0.2, 0.25) is 0 Å². The quantitative estimate of drug-likeness (QED) is 0.665. The monoisotopic (exact) mass is 193 g/mol. The van der Waals surface area contributed by atoms with E-state index in [1.807, 2.05) is 36.7 Å². The van der Waals surface area contributed by atoms with Gasteiger partial charge < -0.3 is 9.47 Å². The highest BCUT2D eigenvalue weighted by Gasteiger charge is 2.27. The number of hydrogen-bond donors (Lipinski definition) is 0. The van der Waals surface area contributed by atoms with Crippen molar-refractivity contribution >= 4 is 5.91 Å². The Kier molecular flexibility index (Phi) is 2.06. The van der Waals surface area contributed by atoms with Gasteiger partial charge in [-0.2, -0.15) is 0 Å². The third kappa shape index (κ3) is 1.31. The largest absolute Gasteiger partial charge is 0.336 e. The second kappa shape index (κ2) is 3.12. The van der Waals surface area contributed by atoms with Crippen molar-refractivity contribution in [3.8, 4) is 0 Å². The van der Waals surface area contributed by atoms with Crippen molar-refractivity contribution in [2.75, 3.05) is 0 Å². The van der Waals surface area contributed by atoms with Gasteiger partial charge in [-0.3, -0.25) is 4.79 Å². The number of aromatic nitrogens is 2. The Morgan fingerprint density at radius 3 is 2.79 bits per heavy atom. The highest BCUT2D eigenvalue weighted by molar-refractivity contribution is 5.78. The van der Waals surface area contributed by atoms with E-state index in [0.717, 1.165) is 5.69 Å². The Morgan fingerprint density at radius 1 is 1.50 bits per heavy atom. The van der Waals surface area contributed by atoms with Crippen LogP contribution in [0.25, 0.3) is 0 Å². The lowest BCUT2D eigenvalue weighted by molar-refractivity contribution is -0.135. The van der Waals surface area contributed by atoms with Crippen molar-refractivity contribution in [3.05, 3.63) is 17.7 Å². The van der Waals surface area contributed by atoms with E-state index in [-0.39, 0.29) is 11.8 Å². The molecule has 0 aromatic carbocycles. The summed E-state index contributed by atoms with van der Waals surface area (Å²) in [4.78, 5) is 17.8. The van der Waals surface area contributed by atoms with Crippen LogP contribution < -0.4 is 0 Å². The van der Waals surface area contributed by atoms with E-state index in [0.29, 0.717) is 13.1 Å². The zero-order valence-electron chi connectivity index (χ0n) is 8.82. The molecule has 1 aromatic rings. The molecule has 4 nitrogen and oxygen atoms in total. The van der Waals surface area contributed by atoms with Crippen LogP contribution in [0.15, 0.2) is 6.33 Å². The molecule has 0 aliphatic carbocycles. The molecule has 0 N–H and O–H groups in total. The number of imidazole rings is 1. The fourth-order valence-corrected chi connectivity index (χ4v) is 1.78. The Bertz CT molecular complexity index is 367. The first-order chi connectivity index (χ1) is 6.59. The van der Waals surface area contributed by atoms with Crippen LogP contribution in [0, 0.1) is 5.92 Å². The summed E-state index contributed by atoms with van der Waals surface area (Å²) in [6.07, 6.45) is 1.81. The van der Waals surface area contributed by atoms with Gasteiger partial charge in [0.05, 0.1) is 30.8 Å². The van der Waals surface area contributed by atoms with Crippen LogP contribution in [-0.4, -0.2) is 20.4 Å². The number of amides is 1. The molecular weight excluding hydrogens is 178 g/mol. The van der Waals surface area contributed by atoms with E-state index >= 15 is 0 Å². The van der Waals surface area contributed by atoms with Crippen molar-refractivity contribution in [2.45, 2.75) is 26.9 Å². The van der Waals surface area contributed by atoms with Gasteiger partial charge in [-0.1, -0.05) is 13.8 Å². The first-order valence-electron chi connectivity index (χ1n) is 4.87. The molecule has 1 amide bonds. The molecule has 76 valence electrons. The SMILES string of the molecule is CC(C)C(=O)N1Cc2ncn(C)c2C1. The van der Waals surface area contributed by atoms with E-state index in [9.17, 15) is 4.79 Å². The fraction of sp³-hybridized carbons (Fsp3) is 0.600. The maximum Gasteiger partial charge on any atom is 0.225 e. The maximum atomic E-state index is 11.7. The molecule has 1 aliphatic rings. The van der Waals surface area contributed by atoms with E-state index in [1.54, 1.807) is 0 Å². The lowest BCUT2D eigenvalue weighted by Crippen LogP contribution is -2.29. The van der Waals surface area contributed by atoms with Gasteiger partial charge in [-0.25, -0.2) is 4.98 Å². The molecule has 2 heterocycles. The van der Waals surface area contributed by atoms with Gasteiger partial charge in [-0.05, 0) is 0 Å². The van der Waals surface area contributed by atoms with Crippen molar-refractivity contribution in [2.24, 2.45) is 13.0 Å². The molecule has 0 atom stereocenters. The second-order valence-corrected chi connectivity index (χ2v) is 4.10. The minimum Gasteiger partial charge on any atom is -0.336 e. The van der Waals surface area contributed by atoms with Crippen molar-refractivity contribution in [1.82, 2.24) is 14.5 Å². The molecule has 0 bridgehead atoms. The van der Waals surface area contributed by atoms with Gasteiger partial charge in [-0.15, -0.1) is 0 Å². The van der Waals surface area contributed by atoms with E-state index in [1.165, 1.54) is 5.69 Å². The minimum atomic E-state index is 0.0734. The molecule has 0 saturated heterocycles. The Hall–Kier alpha value is -1.32. The van der Waals surface area contributed by atoms with Gasteiger partial charge in [0.15, 0.2) is 0 Å². The molecule has 2 rings (SSSR count). The van der Waals surface area contributed by atoms with Crippen LogP contribution in [0.3, 0.4) is 0 Å². The standard InChI is InChI=1S/C10H15N3O/c1-7(2)10(14)13-4-8-9(5-13)12(3)6-11-8/h6-7H,4-5H2,1-3H3. The van der Waals surface area contributed by atoms with Crippen LogP contribution in [-0.2, 0) is 24.9 Å². The summed E-state index contributed by atoms with van der Waals surface area (Å²) in [5.74, 6) is 0.285. The van der Waals surface area contributed by atoms with E-state index in [4.69, 9.17) is 0 Å². The summed E-state index contributed by atoms with van der Waals surface area (Å²) < 4.78 is 1.99. The zero-order valence-corrected chi connectivity index (χ0v) is 8.82. The normalized spacial score (nSPS) is 15.0. The molecule has 14 heavy (non-hydrogen) atoms. The number of carbonyl (C=O) groups excluding carboxylic acids is 1. The second-order valence-electron chi connectivity index (χ2n) is 4.10. The maximum absolute atomic E-state index is 11.7. The molecule has 0 unspecified atom stereocenters. The summed E-state index contributed by atoms with van der Waals surface area (Å²) >= 11 is 0. The molecule has 0 fully saturated rings. The Labute approximate surface area is 83.5 Å². The third-order valence-corrected chi connectivity index (χ3v) is 2.63. The number of fused-ring (bicyclic) bond motifs is 1. The van der Waals surface area contributed by atoms with Crippen molar-refractivity contribution in [3.63, 3.8) is 0 Å². The van der Waals surface area contributed by atoms with E-state index in [2.05, 4.69) is 4.98 Å². The molecule has 1 aliphatic heterocycles. The molecule has 4 heteroatoms. The Balaban J connectivity index is 2.16. The summed E-state index contributed by atoms with van der Waals surface area (Å²) in [5, 5.41) is 0. The highest BCUT2D eigenvalue weighted by Crippen LogP contribution is 2.22. The minimum absolute atomic E-state index is 0.0734. The molecule has 0 spiro atoms. The molecule has 0 saturated carbocycles.